The first kappa shape index (κ1) is 18.8. The predicted octanol–water partition coefficient (Wildman–Crippen LogP) is 5.63. The highest BCUT2D eigenvalue weighted by molar-refractivity contribution is 8.18. The van der Waals surface area contributed by atoms with Crippen LogP contribution in [0.2, 0.25) is 0 Å². The molecule has 0 radical (unpaired) electrons. The Morgan fingerprint density at radius 3 is 2.57 bits per heavy atom. The maximum Gasteiger partial charge on any atom is 0.267 e. The van der Waals surface area contributed by atoms with E-state index < -0.39 is 0 Å². The lowest BCUT2D eigenvalue weighted by molar-refractivity contribution is -0.123. The third-order valence-corrected chi connectivity index (χ3v) is 6.00. The van der Waals surface area contributed by atoms with Crippen molar-refractivity contribution >= 4 is 34.6 Å². The first-order valence-corrected chi connectivity index (χ1v) is 10.7. The Kier molecular flexibility index (Phi) is 5.81. The van der Waals surface area contributed by atoms with Crippen molar-refractivity contribution < 1.29 is 9.53 Å². The van der Waals surface area contributed by atoms with E-state index in [-0.39, 0.29) is 11.9 Å². The quantitative estimate of drug-likeness (QED) is 0.619. The molecule has 1 amide bonds. The summed E-state index contributed by atoms with van der Waals surface area (Å²) in [6.45, 7) is 2.56. The average molecular weight is 393 g/mol. The second-order valence-electron chi connectivity index (χ2n) is 6.92. The van der Waals surface area contributed by atoms with Crippen LogP contribution in [0.4, 0.5) is 5.69 Å². The Morgan fingerprint density at radius 1 is 1.11 bits per heavy atom. The van der Waals surface area contributed by atoms with Gasteiger partial charge < -0.3 is 4.74 Å². The summed E-state index contributed by atoms with van der Waals surface area (Å²) in [5, 5.41) is 0.781. The molecular weight excluding hydrogens is 368 g/mol. The number of para-hydroxylation sites is 2. The minimum absolute atomic E-state index is 0.0536. The second-order valence-corrected chi connectivity index (χ2v) is 7.93. The summed E-state index contributed by atoms with van der Waals surface area (Å²) in [5.74, 6) is 0.852. The highest BCUT2D eigenvalue weighted by Crippen LogP contribution is 2.39. The fourth-order valence-electron chi connectivity index (χ4n) is 3.69. The molecule has 1 aliphatic carbocycles. The molecule has 28 heavy (non-hydrogen) atoms. The number of ether oxygens (including phenoxy) is 1. The van der Waals surface area contributed by atoms with Crippen LogP contribution in [0.25, 0.3) is 6.08 Å². The van der Waals surface area contributed by atoms with Gasteiger partial charge in [0.05, 0.1) is 17.2 Å². The van der Waals surface area contributed by atoms with Crippen molar-refractivity contribution in [2.75, 3.05) is 6.61 Å². The van der Waals surface area contributed by atoms with E-state index in [4.69, 9.17) is 9.73 Å². The molecule has 2 aliphatic rings. The number of carbonyl (C=O) groups is 1. The first-order chi connectivity index (χ1) is 13.8. The Morgan fingerprint density at radius 2 is 1.82 bits per heavy atom. The zero-order chi connectivity index (χ0) is 19.3. The van der Waals surface area contributed by atoms with Crippen LogP contribution in [0.5, 0.6) is 5.75 Å². The van der Waals surface area contributed by atoms with E-state index in [1.807, 2.05) is 72.5 Å². The minimum atomic E-state index is 0.0536. The standard InChI is InChI=1S/C23H24N2O2S/c1-2-27-20-15-9-6-10-17(20)16-21-22(26)25(19-13-7-8-14-19)23(28-21)24-18-11-4-3-5-12-18/h3-6,9-12,15-16,19H,2,7-8,13-14H2,1H3. The molecule has 5 heteroatoms. The van der Waals surface area contributed by atoms with Gasteiger partial charge in [0.25, 0.3) is 5.91 Å². The molecule has 1 saturated carbocycles. The molecule has 0 atom stereocenters. The average Bonchev–Trinajstić information content (AvgIpc) is 3.33. The molecule has 1 heterocycles. The fourth-order valence-corrected chi connectivity index (χ4v) is 4.74. The highest BCUT2D eigenvalue weighted by Gasteiger charge is 2.39. The SMILES string of the molecule is CCOc1ccccc1C=C1SC(=Nc2ccccc2)N(C2CCCC2)C1=O. The number of amidine groups is 1. The molecule has 2 fully saturated rings. The van der Waals surface area contributed by atoms with Crippen molar-refractivity contribution in [1.29, 1.82) is 0 Å². The third kappa shape index (κ3) is 3.99. The van der Waals surface area contributed by atoms with Gasteiger partial charge in [0.1, 0.15) is 5.75 Å². The van der Waals surface area contributed by atoms with E-state index in [2.05, 4.69) is 0 Å². The number of amides is 1. The Balaban J connectivity index is 1.70. The van der Waals surface area contributed by atoms with Crippen LogP contribution in [-0.2, 0) is 4.79 Å². The molecule has 144 valence electrons. The maximum absolute atomic E-state index is 13.3. The number of aliphatic imine (C=N–C) groups is 1. The van der Waals surface area contributed by atoms with Crippen LogP contribution in [0, 0.1) is 0 Å². The molecule has 0 aromatic heterocycles. The van der Waals surface area contributed by atoms with Gasteiger partial charge in [-0.3, -0.25) is 9.69 Å². The number of hydrogen-bond acceptors (Lipinski definition) is 4. The van der Waals surface area contributed by atoms with Crippen LogP contribution >= 0.6 is 11.8 Å². The topological polar surface area (TPSA) is 41.9 Å². The molecule has 1 saturated heterocycles. The highest BCUT2D eigenvalue weighted by atomic mass is 32.2. The molecular formula is C23H24N2O2S. The number of hydrogen-bond donors (Lipinski definition) is 0. The smallest absolute Gasteiger partial charge is 0.267 e. The van der Waals surface area contributed by atoms with Gasteiger partial charge >= 0.3 is 0 Å². The van der Waals surface area contributed by atoms with Gasteiger partial charge in [-0.2, -0.15) is 0 Å². The van der Waals surface area contributed by atoms with E-state index in [0.29, 0.717) is 11.5 Å². The Labute approximate surface area is 170 Å². The molecule has 0 bridgehead atoms. The van der Waals surface area contributed by atoms with Gasteiger partial charge in [0.2, 0.25) is 0 Å². The third-order valence-electron chi connectivity index (χ3n) is 5.01. The monoisotopic (exact) mass is 392 g/mol. The molecule has 4 rings (SSSR count). The Bertz CT molecular complexity index is 902. The van der Waals surface area contributed by atoms with Crippen molar-refractivity contribution in [3.8, 4) is 5.75 Å². The van der Waals surface area contributed by atoms with Gasteiger partial charge in [-0.25, -0.2) is 4.99 Å². The molecule has 2 aromatic rings. The van der Waals surface area contributed by atoms with Crippen LogP contribution in [0.1, 0.15) is 38.2 Å². The van der Waals surface area contributed by atoms with E-state index in [1.54, 1.807) is 0 Å². The molecule has 0 spiro atoms. The molecule has 4 nitrogen and oxygen atoms in total. The van der Waals surface area contributed by atoms with Crippen molar-refractivity contribution in [2.45, 2.75) is 38.6 Å². The summed E-state index contributed by atoms with van der Waals surface area (Å²) >= 11 is 1.46. The summed E-state index contributed by atoms with van der Waals surface area (Å²) in [6, 6.07) is 17.9. The molecule has 0 N–H and O–H groups in total. The summed E-state index contributed by atoms with van der Waals surface area (Å²) < 4.78 is 5.72. The van der Waals surface area contributed by atoms with Crippen molar-refractivity contribution in [1.82, 2.24) is 4.90 Å². The fraction of sp³-hybridized carbons (Fsp3) is 0.304. The lowest BCUT2D eigenvalue weighted by Crippen LogP contribution is -2.37. The zero-order valence-electron chi connectivity index (χ0n) is 16.0. The van der Waals surface area contributed by atoms with Crippen molar-refractivity contribution in [3.05, 3.63) is 65.1 Å². The van der Waals surface area contributed by atoms with Gasteiger partial charge in [-0.15, -0.1) is 0 Å². The van der Waals surface area contributed by atoms with E-state index >= 15 is 0 Å². The normalized spacial score (nSPS) is 20.5. The lowest BCUT2D eigenvalue weighted by atomic mass is 10.1. The van der Waals surface area contributed by atoms with Crippen LogP contribution < -0.4 is 4.74 Å². The number of thioether (sulfide) groups is 1. The number of carbonyl (C=O) groups excluding carboxylic acids is 1. The predicted molar refractivity (Wildman–Crippen MR) is 116 cm³/mol. The van der Waals surface area contributed by atoms with Crippen molar-refractivity contribution in [2.24, 2.45) is 4.99 Å². The minimum Gasteiger partial charge on any atom is -0.493 e. The number of benzene rings is 2. The van der Waals surface area contributed by atoms with Crippen LogP contribution in [0.15, 0.2) is 64.5 Å². The summed E-state index contributed by atoms with van der Waals surface area (Å²) in [5.41, 5.74) is 1.80. The van der Waals surface area contributed by atoms with E-state index in [0.717, 1.165) is 35.0 Å². The summed E-state index contributed by atoms with van der Waals surface area (Å²) in [7, 11) is 0. The van der Waals surface area contributed by atoms with Gasteiger partial charge in [-0.05, 0) is 55.8 Å². The van der Waals surface area contributed by atoms with E-state index in [1.165, 1.54) is 24.6 Å². The van der Waals surface area contributed by atoms with Crippen LogP contribution in [0.3, 0.4) is 0 Å². The molecule has 2 aromatic carbocycles. The second kappa shape index (κ2) is 8.65. The first-order valence-electron chi connectivity index (χ1n) is 9.85. The summed E-state index contributed by atoms with van der Waals surface area (Å²) in [6.07, 6.45) is 6.37. The summed E-state index contributed by atoms with van der Waals surface area (Å²) in [4.78, 5) is 20.7. The van der Waals surface area contributed by atoms with Gasteiger partial charge in [0.15, 0.2) is 5.17 Å². The van der Waals surface area contributed by atoms with Crippen LogP contribution in [-0.4, -0.2) is 28.6 Å². The van der Waals surface area contributed by atoms with E-state index in [9.17, 15) is 4.79 Å². The molecule has 0 unspecified atom stereocenters. The maximum atomic E-state index is 13.3. The Hall–Kier alpha value is -2.53. The van der Waals surface area contributed by atoms with Crippen molar-refractivity contribution in [3.63, 3.8) is 0 Å². The number of rotatable bonds is 5. The number of nitrogens with zero attached hydrogens (tertiary/aromatic N) is 2. The molecule has 1 aliphatic heterocycles. The lowest BCUT2D eigenvalue weighted by Gasteiger charge is -2.22. The largest absolute Gasteiger partial charge is 0.493 e. The zero-order valence-corrected chi connectivity index (χ0v) is 16.8. The van der Waals surface area contributed by atoms with Gasteiger partial charge in [0, 0.05) is 11.6 Å². The van der Waals surface area contributed by atoms with Gasteiger partial charge in [-0.1, -0.05) is 49.2 Å².